The van der Waals surface area contributed by atoms with Crippen LogP contribution in [0, 0.1) is 13.8 Å². The van der Waals surface area contributed by atoms with Crippen LogP contribution < -0.4 is 4.74 Å². The number of thiophene rings is 1. The van der Waals surface area contributed by atoms with Crippen LogP contribution in [0.3, 0.4) is 0 Å². The molecule has 2 amide bonds. The van der Waals surface area contributed by atoms with Crippen molar-refractivity contribution in [1.29, 1.82) is 0 Å². The fourth-order valence-corrected chi connectivity index (χ4v) is 3.88. The quantitative estimate of drug-likeness (QED) is 0.848. The molecule has 2 heterocycles. The highest BCUT2D eigenvalue weighted by Crippen LogP contribution is 2.26. The van der Waals surface area contributed by atoms with Crippen molar-refractivity contribution >= 4 is 23.2 Å². The Morgan fingerprint density at radius 1 is 1.04 bits per heavy atom. The molecule has 1 aromatic heterocycles. The molecule has 5 nitrogen and oxygen atoms in total. The van der Waals surface area contributed by atoms with Gasteiger partial charge in [0.15, 0.2) is 0 Å². The molecule has 0 bridgehead atoms. The van der Waals surface area contributed by atoms with E-state index in [9.17, 15) is 9.59 Å². The third-order valence-corrected chi connectivity index (χ3v) is 5.32. The fraction of sp³-hybridized carbons (Fsp3) is 0.368. The molecule has 1 saturated heterocycles. The largest absolute Gasteiger partial charge is 0.496 e. The van der Waals surface area contributed by atoms with Crippen molar-refractivity contribution < 1.29 is 14.3 Å². The Morgan fingerprint density at radius 2 is 1.68 bits per heavy atom. The van der Waals surface area contributed by atoms with Crippen molar-refractivity contribution in [3.05, 3.63) is 51.2 Å². The molecule has 2 aromatic rings. The van der Waals surface area contributed by atoms with Gasteiger partial charge in [0.05, 0.1) is 17.6 Å². The maximum Gasteiger partial charge on any atom is 0.264 e. The van der Waals surface area contributed by atoms with Crippen molar-refractivity contribution in [2.75, 3.05) is 33.3 Å². The van der Waals surface area contributed by atoms with E-state index in [1.807, 2.05) is 48.4 Å². The highest BCUT2D eigenvalue weighted by molar-refractivity contribution is 7.12. The summed E-state index contributed by atoms with van der Waals surface area (Å²) in [4.78, 5) is 29.7. The first-order chi connectivity index (χ1) is 12.0. The van der Waals surface area contributed by atoms with Crippen molar-refractivity contribution in [2.45, 2.75) is 13.8 Å². The molecule has 0 spiro atoms. The van der Waals surface area contributed by atoms with E-state index in [1.54, 1.807) is 12.0 Å². The van der Waals surface area contributed by atoms with Gasteiger partial charge in [-0.2, -0.15) is 0 Å². The minimum atomic E-state index is -0.0300. The molecule has 0 radical (unpaired) electrons. The standard InChI is InChI=1S/C19H22N2O3S/c1-13-11-14(2)17(15(12-13)24-3)19(23)21-8-6-20(7-9-21)18(22)16-5-4-10-25-16/h4-5,10-12H,6-9H2,1-3H3. The number of methoxy groups -OCH3 is 1. The minimum Gasteiger partial charge on any atom is -0.496 e. The first-order valence-corrected chi connectivity index (χ1v) is 9.16. The molecule has 0 N–H and O–H groups in total. The normalized spacial score (nSPS) is 14.5. The van der Waals surface area contributed by atoms with Gasteiger partial charge in [-0.25, -0.2) is 0 Å². The summed E-state index contributed by atoms with van der Waals surface area (Å²) in [6.45, 7) is 6.09. The number of carbonyl (C=O) groups excluding carboxylic acids is 2. The molecule has 1 fully saturated rings. The Balaban J connectivity index is 1.71. The van der Waals surface area contributed by atoms with Gasteiger partial charge in [0.2, 0.25) is 0 Å². The average molecular weight is 358 g/mol. The van der Waals surface area contributed by atoms with Crippen LogP contribution in [0.4, 0.5) is 0 Å². The Kier molecular flexibility index (Phi) is 5.08. The number of piperazine rings is 1. The second kappa shape index (κ2) is 7.27. The topological polar surface area (TPSA) is 49.9 Å². The first kappa shape index (κ1) is 17.5. The van der Waals surface area contributed by atoms with Crippen LogP contribution in [0.25, 0.3) is 0 Å². The number of hydrogen-bond acceptors (Lipinski definition) is 4. The third-order valence-electron chi connectivity index (χ3n) is 4.46. The van der Waals surface area contributed by atoms with Gasteiger partial charge in [0, 0.05) is 26.2 Å². The predicted molar refractivity (Wildman–Crippen MR) is 98.6 cm³/mol. The number of aryl methyl sites for hydroxylation is 2. The smallest absolute Gasteiger partial charge is 0.264 e. The SMILES string of the molecule is COc1cc(C)cc(C)c1C(=O)N1CCN(C(=O)c2cccs2)CC1. The van der Waals surface area contributed by atoms with Gasteiger partial charge >= 0.3 is 0 Å². The molecule has 132 valence electrons. The van der Waals surface area contributed by atoms with Gasteiger partial charge in [-0.1, -0.05) is 12.1 Å². The third kappa shape index (κ3) is 3.54. The van der Waals surface area contributed by atoms with Crippen molar-refractivity contribution in [1.82, 2.24) is 9.80 Å². The first-order valence-electron chi connectivity index (χ1n) is 8.28. The molecule has 25 heavy (non-hydrogen) atoms. The lowest BCUT2D eigenvalue weighted by atomic mass is 10.0. The number of carbonyl (C=O) groups is 2. The van der Waals surface area contributed by atoms with E-state index in [2.05, 4.69) is 0 Å². The zero-order chi connectivity index (χ0) is 18.0. The van der Waals surface area contributed by atoms with E-state index in [0.29, 0.717) is 37.5 Å². The summed E-state index contributed by atoms with van der Waals surface area (Å²) >= 11 is 1.45. The van der Waals surface area contributed by atoms with Crippen LogP contribution in [-0.2, 0) is 0 Å². The molecule has 1 aliphatic rings. The van der Waals surface area contributed by atoms with Crippen molar-refractivity contribution in [2.24, 2.45) is 0 Å². The lowest BCUT2D eigenvalue weighted by Gasteiger charge is -2.35. The van der Waals surface area contributed by atoms with Gasteiger partial charge in [0.1, 0.15) is 5.75 Å². The summed E-state index contributed by atoms with van der Waals surface area (Å²) in [5, 5.41) is 1.90. The summed E-state index contributed by atoms with van der Waals surface area (Å²) in [5.74, 6) is 0.628. The Morgan fingerprint density at radius 3 is 2.24 bits per heavy atom. The molecule has 1 aromatic carbocycles. The summed E-state index contributed by atoms with van der Waals surface area (Å²) in [6, 6.07) is 7.60. The highest BCUT2D eigenvalue weighted by Gasteiger charge is 2.28. The molecule has 0 aliphatic carbocycles. The monoisotopic (exact) mass is 358 g/mol. The molecule has 6 heteroatoms. The van der Waals surface area contributed by atoms with Crippen molar-refractivity contribution in [3.8, 4) is 5.75 Å². The summed E-state index contributed by atoms with van der Waals surface area (Å²) in [5.41, 5.74) is 2.60. The van der Waals surface area contributed by atoms with E-state index in [0.717, 1.165) is 16.0 Å². The van der Waals surface area contributed by atoms with Crippen LogP contribution in [0.2, 0.25) is 0 Å². The number of ether oxygens (including phenoxy) is 1. The lowest BCUT2D eigenvalue weighted by Crippen LogP contribution is -2.50. The molecule has 0 unspecified atom stereocenters. The van der Waals surface area contributed by atoms with E-state index < -0.39 is 0 Å². The Bertz CT molecular complexity index is 778. The fourth-order valence-electron chi connectivity index (χ4n) is 3.19. The number of rotatable bonds is 3. The number of benzene rings is 1. The van der Waals surface area contributed by atoms with Gasteiger partial charge in [-0.3, -0.25) is 9.59 Å². The zero-order valence-electron chi connectivity index (χ0n) is 14.7. The van der Waals surface area contributed by atoms with Crippen LogP contribution in [0.15, 0.2) is 29.6 Å². The maximum atomic E-state index is 13.0. The van der Waals surface area contributed by atoms with Crippen LogP contribution in [-0.4, -0.2) is 54.9 Å². The molecule has 3 rings (SSSR count). The molecule has 1 aliphatic heterocycles. The average Bonchev–Trinajstić information content (AvgIpc) is 3.14. The van der Waals surface area contributed by atoms with Gasteiger partial charge in [-0.15, -0.1) is 11.3 Å². The Hall–Kier alpha value is -2.34. The van der Waals surface area contributed by atoms with E-state index in [-0.39, 0.29) is 11.8 Å². The van der Waals surface area contributed by atoms with Crippen LogP contribution >= 0.6 is 11.3 Å². The van der Waals surface area contributed by atoms with Gasteiger partial charge < -0.3 is 14.5 Å². The van der Waals surface area contributed by atoms with Gasteiger partial charge in [0.25, 0.3) is 11.8 Å². The predicted octanol–water partition coefficient (Wildman–Crippen LogP) is 2.97. The number of amides is 2. The minimum absolute atomic E-state index is 0.0300. The molecular formula is C19H22N2O3S. The second-order valence-electron chi connectivity index (χ2n) is 6.22. The highest BCUT2D eigenvalue weighted by atomic mass is 32.1. The van der Waals surface area contributed by atoms with E-state index >= 15 is 0 Å². The van der Waals surface area contributed by atoms with Crippen LogP contribution in [0.5, 0.6) is 5.75 Å². The van der Waals surface area contributed by atoms with Crippen molar-refractivity contribution in [3.63, 3.8) is 0 Å². The molecule has 0 saturated carbocycles. The Labute approximate surface area is 151 Å². The summed E-state index contributed by atoms with van der Waals surface area (Å²) < 4.78 is 5.42. The molecular weight excluding hydrogens is 336 g/mol. The second-order valence-corrected chi connectivity index (χ2v) is 7.17. The summed E-state index contributed by atoms with van der Waals surface area (Å²) in [7, 11) is 1.59. The summed E-state index contributed by atoms with van der Waals surface area (Å²) in [6.07, 6.45) is 0. The number of nitrogens with zero attached hydrogens (tertiary/aromatic N) is 2. The maximum absolute atomic E-state index is 13.0. The van der Waals surface area contributed by atoms with Gasteiger partial charge in [-0.05, 0) is 42.5 Å². The number of hydrogen-bond donors (Lipinski definition) is 0. The lowest BCUT2D eigenvalue weighted by molar-refractivity contribution is 0.0535. The van der Waals surface area contributed by atoms with Crippen LogP contribution in [0.1, 0.15) is 31.2 Å². The van der Waals surface area contributed by atoms with E-state index in [1.165, 1.54) is 11.3 Å². The zero-order valence-corrected chi connectivity index (χ0v) is 15.6. The van der Waals surface area contributed by atoms with E-state index in [4.69, 9.17) is 4.74 Å². The molecule has 0 atom stereocenters.